The van der Waals surface area contributed by atoms with Crippen molar-refractivity contribution in [1.82, 2.24) is 0 Å². The molecule has 0 spiro atoms. The number of hydrogen-bond donors (Lipinski definition) is 0. The third kappa shape index (κ3) is 4.01. The Labute approximate surface area is 109 Å². The summed E-state index contributed by atoms with van der Waals surface area (Å²) in [6, 6.07) is 12.3. The lowest BCUT2D eigenvalue weighted by Gasteiger charge is -2.10. The highest BCUT2D eigenvalue weighted by Crippen LogP contribution is 2.31. The van der Waals surface area contributed by atoms with Crippen molar-refractivity contribution < 1.29 is 4.74 Å². The van der Waals surface area contributed by atoms with Gasteiger partial charge in [-0.05, 0) is 36.7 Å². The van der Waals surface area contributed by atoms with Gasteiger partial charge in [0.15, 0.2) is 0 Å². The zero-order valence-corrected chi connectivity index (χ0v) is 10.6. The Bertz CT molecular complexity index is 418. The lowest BCUT2D eigenvalue weighted by molar-refractivity contribution is 0.0881. The highest BCUT2D eigenvalue weighted by Gasteiger charge is 2.22. The Morgan fingerprint density at radius 3 is 2.89 bits per heavy atom. The molecule has 0 aliphatic heterocycles. The first-order valence-electron chi connectivity index (χ1n) is 6.56. The zero-order chi connectivity index (χ0) is 12.6. The number of nitrogens with zero attached hydrogens (tertiary/aromatic N) is 1. The van der Waals surface area contributed by atoms with E-state index in [0.29, 0.717) is 18.4 Å². The van der Waals surface area contributed by atoms with Crippen LogP contribution in [0.4, 0.5) is 0 Å². The minimum atomic E-state index is 0.579. The maximum absolute atomic E-state index is 8.50. The number of allylic oxidation sites excluding steroid dienone is 2. The lowest BCUT2D eigenvalue weighted by atomic mass is 10.1. The molecule has 1 aliphatic rings. The van der Waals surface area contributed by atoms with Gasteiger partial charge >= 0.3 is 0 Å². The molecular formula is C16H19NO. The van der Waals surface area contributed by atoms with Crippen LogP contribution in [0, 0.1) is 23.2 Å². The fourth-order valence-corrected chi connectivity index (χ4v) is 2.54. The van der Waals surface area contributed by atoms with Crippen LogP contribution in [0.3, 0.4) is 0 Å². The molecule has 1 aromatic carbocycles. The van der Waals surface area contributed by atoms with E-state index >= 15 is 0 Å². The van der Waals surface area contributed by atoms with Crippen LogP contribution in [0.15, 0.2) is 42.5 Å². The van der Waals surface area contributed by atoms with Crippen LogP contribution in [0.5, 0.6) is 0 Å². The van der Waals surface area contributed by atoms with Crippen LogP contribution in [0.2, 0.25) is 0 Å². The Morgan fingerprint density at radius 1 is 1.28 bits per heavy atom. The van der Waals surface area contributed by atoms with E-state index in [2.05, 4.69) is 18.2 Å². The minimum Gasteiger partial charge on any atom is -0.376 e. The lowest BCUT2D eigenvalue weighted by Crippen LogP contribution is -2.06. The molecule has 0 bridgehead atoms. The normalized spacial score (nSPS) is 23.3. The average Bonchev–Trinajstić information content (AvgIpc) is 2.85. The van der Waals surface area contributed by atoms with Crippen molar-refractivity contribution in [3.05, 3.63) is 48.0 Å². The first kappa shape index (κ1) is 12.9. The second-order valence-corrected chi connectivity index (χ2v) is 4.93. The SMILES string of the molecule is N#C/C=C\C1CCC(COCc2ccccc2)C1. The van der Waals surface area contributed by atoms with Gasteiger partial charge in [-0.25, -0.2) is 0 Å². The molecular weight excluding hydrogens is 222 g/mol. The third-order valence-corrected chi connectivity index (χ3v) is 3.49. The molecule has 2 heteroatoms. The molecule has 1 saturated carbocycles. The fraction of sp³-hybridized carbons (Fsp3) is 0.438. The van der Waals surface area contributed by atoms with E-state index < -0.39 is 0 Å². The van der Waals surface area contributed by atoms with Crippen LogP contribution >= 0.6 is 0 Å². The van der Waals surface area contributed by atoms with Gasteiger partial charge in [-0.1, -0.05) is 36.4 Å². The van der Waals surface area contributed by atoms with E-state index in [1.165, 1.54) is 18.4 Å². The van der Waals surface area contributed by atoms with Crippen molar-refractivity contribution in [3.63, 3.8) is 0 Å². The van der Waals surface area contributed by atoms with Crippen LogP contribution in [-0.4, -0.2) is 6.61 Å². The molecule has 1 fully saturated rings. The molecule has 2 nitrogen and oxygen atoms in total. The molecule has 1 aromatic rings. The molecule has 1 aliphatic carbocycles. The summed E-state index contributed by atoms with van der Waals surface area (Å²) >= 11 is 0. The van der Waals surface area contributed by atoms with Crippen molar-refractivity contribution >= 4 is 0 Å². The van der Waals surface area contributed by atoms with E-state index in [1.54, 1.807) is 6.08 Å². The van der Waals surface area contributed by atoms with Gasteiger partial charge in [0.25, 0.3) is 0 Å². The van der Waals surface area contributed by atoms with Crippen molar-refractivity contribution in [2.45, 2.75) is 25.9 Å². The van der Waals surface area contributed by atoms with Gasteiger partial charge in [-0.15, -0.1) is 0 Å². The Kier molecular flexibility index (Phi) is 4.99. The predicted octanol–water partition coefficient (Wildman–Crippen LogP) is 3.70. The second kappa shape index (κ2) is 6.98. The molecule has 0 heterocycles. The van der Waals surface area contributed by atoms with Crippen LogP contribution in [-0.2, 0) is 11.3 Å². The van der Waals surface area contributed by atoms with Gasteiger partial charge in [0.05, 0.1) is 12.7 Å². The summed E-state index contributed by atoms with van der Waals surface area (Å²) < 4.78 is 5.77. The molecule has 0 radical (unpaired) electrons. The largest absolute Gasteiger partial charge is 0.376 e. The van der Waals surface area contributed by atoms with Gasteiger partial charge in [-0.2, -0.15) is 5.26 Å². The number of nitriles is 1. The smallest absolute Gasteiger partial charge is 0.0908 e. The quantitative estimate of drug-likeness (QED) is 0.736. The molecule has 2 atom stereocenters. The van der Waals surface area contributed by atoms with Crippen molar-refractivity contribution in [2.24, 2.45) is 11.8 Å². The van der Waals surface area contributed by atoms with Gasteiger partial charge in [-0.3, -0.25) is 0 Å². The van der Waals surface area contributed by atoms with Gasteiger partial charge < -0.3 is 4.74 Å². The Hall–Kier alpha value is -1.59. The Morgan fingerprint density at radius 2 is 2.11 bits per heavy atom. The summed E-state index contributed by atoms with van der Waals surface area (Å²) in [5, 5.41) is 8.50. The molecule has 2 unspecified atom stereocenters. The summed E-state index contributed by atoms with van der Waals surface area (Å²) in [5.41, 5.74) is 1.23. The molecule has 94 valence electrons. The van der Waals surface area contributed by atoms with Gasteiger partial charge in [0.1, 0.15) is 0 Å². The summed E-state index contributed by atoms with van der Waals surface area (Å²) in [6.07, 6.45) is 7.22. The third-order valence-electron chi connectivity index (χ3n) is 3.49. The average molecular weight is 241 g/mol. The predicted molar refractivity (Wildman–Crippen MR) is 71.7 cm³/mol. The summed E-state index contributed by atoms with van der Waals surface area (Å²) in [7, 11) is 0. The topological polar surface area (TPSA) is 33.0 Å². The van der Waals surface area contributed by atoms with Crippen molar-refractivity contribution in [3.8, 4) is 6.07 Å². The van der Waals surface area contributed by atoms with Crippen molar-refractivity contribution in [1.29, 1.82) is 5.26 Å². The maximum Gasteiger partial charge on any atom is 0.0908 e. The van der Waals surface area contributed by atoms with Crippen LogP contribution < -0.4 is 0 Å². The molecule has 0 aromatic heterocycles. The summed E-state index contributed by atoms with van der Waals surface area (Å²) in [6.45, 7) is 1.54. The second-order valence-electron chi connectivity index (χ2n) is 4.93. The summed E-state index contributed by atoms with van der Waals surface area (Å²) in [4.78, 5) is 0. The van der Waals surface area contributed by atoms with Gasteiger partial charge in [0, 0.05) is 12.7 Å². The monoisotopic (exact) mass is 241 g/mol. The summed E-state index contributed by atoms with van der Waals surface area (Å²) in [5.74, 6) is 1.23. The molecule has 0 saturated heterocycles. The number of rotatable bonds is 5. The molecule has 0 N–H and O–H groups in total. The number of ether oxygens (including phenoxy) is 1. The highest BCUT2D eigenvalue weighted by atomic mass is 16.5. The number of hydrogen-bond acceptors (Lipinski definition) is 2. The minimum absolute atomic E-state index is 0.579. The van der Waals surface area contributed by atoms with E-state index in [4.69, 9.17) is 10.00 Å². The standard InChI is InChI=1S/C16H19NO/c17-10-4-7-14-8-9-16(11-14)13-18-12-15-5-2-1-3-6-15/h1-7,14,16H,8-9,11-13H2/b7-4-. The van der Waals surface area contributed by atoms with E-state index in [-0.39, 0.29) is 0 Å². The molecule has 2 rings (SSSR count). The van der Waals surface area contributed by atoms with Crippen LogP contribution in [0.1, 0.15) is 24.8 Å². The zero-order valence-electron chi connectivity index (χ0n) is 10.6. The first-order chi connectivity index (χ1) is 8.88. The highest BCUT2D eigenvalue weighted by molar-refractivity contribution is 5.13. The number of benzene rings is 1. The van der Waals surface area contributed by atoms with Crippen LogP contribution in [0.25, 0.3) is 0 Å². The van der Waals surface area contributed by atoms with Gasteiger partial charge in [0.2, 0.25) is 0 Å². The molecule has 18 heavy (non-hydrogen) atoms. The van der Waals surface area contributed by atoms with E-state index in [1.807, 2.05) is 24.3 Å². The Balaban J connectivity index is 1.67. The fourth-order valence-electron chi connectivity index (χ4n) is 2.54. The van der Waals surface area contributed by atoms with Crippen molar-refractivity contribution in [2.75, 3.05) is 6.61 Å². The first-order valence-corrected chi connectivity index (χ1v) is 6.56. The van der Waals surface area contributed by atoms with E-state index in [9.17, 15) is 0 Å². The maximum atomic E-state index is 8.50. The molecule has 0 amide bonds. The van der Waals surface area contributed by atoms with E-state index in [0.717, 1.165) is 13.0 Å².